The third-order valence-electron chi connectivity index (χ3n) is 2.23. The molecule has 0 aromatic carbocycles. The molecule has 1 heterocycles. The quantitative estimate of drug-likeness (QED) is 0.660. The average molecular weight is 189 g/mol. The number of rotatable bonds is 1. The molecule has 0 aromatic heterocycles. The number of carbonyl (C=O) groups excluding carboxylic acids is 1. The normalized spacial score (nSPS) is 29.5. The minimum atomic E-state index is -1.39. The SMILES string of the molecule is CC1(F)CCN(C(=O)C(C)(C)O)C1. The predicted molar refractivity (Wildman–Crippen MR) is 47.0 cm³/mol. The van der Waals surface area contributed by atoms with Crippen LogP contribution in [0.2, 0.25) is 0 Å². The van der Waals surface area contributed by atoms with Gasteiger partial charge in [0.05, 0.1) is 6.54 Å². The fourth-order valence-electron chi connectivity index (χ4n) is 1.48. The Kier molecular flexibility index (Phi) is 2.36. The molecule has 1 saturated heterocycles. The monoisotopic (exact) mass is 189 g/mol. The number of hydrogen-bond acceptors (Lipinski definition) is 2. The van der Waals surface area contributed by atoms with E-state index in [4.69, 9.17) is 0 Å². The molecule has 1 aliphatic heterocycles. The maximum Gasteiger partial charge on any atom is 0.254 e. The first-order valence-electron chi connectivity index (χ1n) is 4.43. The molecule has 0 saturated carbocycles. The van der Waals surface area contributed by atoms with Crippen LogP contribution in [-0.4, -0.2) is 40.3 Å². The van der Waals surface area contributed by atoms with Gasteiger partial charge in [-0.05, 0) is 20.8 Å². The Morgan fingerprint density at radius 3 is 2.46 bits per heavy atom. The number of carbonyl (C=O) groups is 1. The number of hydrogen-bond donors (Lipinski definition) is 1. The van der Waals surface area contributed by atoms with Crippen molar-refractivity contribution in [3.8, 4) is 0 Å². The second-order valence-electron chi connectivity index (χ2n) is 4.45. The van der Waals surface area contributed by atoms with Gasteiger partial charge in [0.1, 0.15) is 11.3 Å². The molecule has 1 rings (SSSR count). The number of nitrogens with zero attached hydrogens (tertiary/aromatic N) is 1. The lowest BCUT2D eigenvalue weighted by molar-refractivity contribution is -0.147. The van der Waals surface area contributed by atoms with Crippen molar-refractivity contribution in [2.45, 2.75) is 38.5 Å². The molecule has 1 fully saturated rings. The minimum absolute atomic E-state index is 0.0931. The van der Waals surface area contributed by atoms with Gasteiger partial charge in [-0.2, -0.15) is 0 Å². The smallest absolute Gasteiger partial charge is 0.254 e. The fourth-order valence-corrected chi connectivity index (χ4v) is 1.48. The predicted octanol–water partition coefficient (Wildman–Crippen LogP) is 0.718. The Labute approximate surface area is 77.5 Å². The molecule has 0 aromatic rings. The summed E-state index contributed by atoms with van der Waals surface area (Å²) in [6.07, 6.45) is 0.356. The highest BCUT2D eigenvalue weighted by molar-refractivity contribution is 5.84. The van der Waals surface area contributed by atoms with Gasteiger partial charge in [0.15, 0.2) is 0 Å². The van der Waals surface area contributed by atoms with Gasteiger partial charge in [-0.25, -0.2) is 4.39 Å². The first-order chi connectivity index (χ1) is 5.72. The second-order valence-corrected chi connectivity index (χ2v) is 4.45. The van der Waals surface area contributed by atoms with Crippen LogP contribution < -0.4 is 0 Å². The van der Waals surface area contributed by atoms with E-state index in [1.165, 1.54) is 25.7 Å². The molecule has 4 heteroatoms. The van der Waals surface area contributed by atoms with Gasteiger partial charge in [0, 0.05) is 13.0 Å². The molecule has 1 aliphatic rings. The summed E-state index contributed by atoms with van der Waals surface area (Å²) in [6, 6.07) is 0. The van der Waals surface area contributed by atoms with E-state index in [9.17, 15) is 14.3 Å². The Hall–Kier alpha value is -0.640. The summed E-state index contributed by atoms with van der Waals surface area (Å²) in [7, 11) is 0. The van der Waals surface area contributed by atoms with E-state index in [1.54, 1.807) is 0 Å². The highest BCUT2D eigenvalue weighted by Gasteiger charge is 2.40. The zero-order valence-corrected chi connectivity index (χ0v) is 8.30. The summed E-state index contributed by atoms with van der Waals surface area (Å²) in [5, 5.41) is 9.40. The molecular weight excluding hydrogens is 173 g/mol. The summed E-state index contributed by atoms with van der Waals surface area (Å²) in [5.41, 5.74) is -2.68. The van der Waals surface area contributed by atoms with Crippen molar-refractivity contribution < 1.29 is 14.3 Å². The molecule has 1 amide bonds. The molecule has 1 N–H and O–H groups in total. The molecule has 1 unspecified atom stereocenters. The molecule has 0 bridgehead atoms. The van der Waals surface area contributed by atoms with Crippen LogP contribution in [0.15, 0.2) is 0 Å². The largest absolute Gasteiger partial charge is 0.381 e. The number of amides is 1. The Bertz CT molecular complexity index is 220. The van der Waals surface area contributed by atoms with Crippen molar-refractivity contribution in [3.63, 3.8) is 0 Å². The average Bonchev–Trinajstić information content (AvgIpc) is 2.26. The zero-order chi connectivity index (χ0) is 10.3. The van der Waals surface area contributed by atoms with Crippen LogP contribution in [0.1, 0.15) is 27.2 Å². The summed E-state index contributed by atoms with van der Waals surface area (Å²) in [5.74, 6) is -0.395. The van der Waals surface area contributed by atoms with Crippen molar-refractivity contribution in [2.24, 2.45) is 0 Å². The van der Waals surface area contributed by atoms with Gasteiger partial charge in [0.25, 0.3) is 5.91 Å². The third kappa shape index (κ3) is 2.40. The lowest BCUT2D eigenvalue weighted by Crippen LogP contribution is -2.44. The van der Waals surface area contributed by atoms with Crippen LogP contribution in [0.3, 0.4) is 0 Å². The first-order valence-corrected chi connectivity index (χ1v) is 4.43. The Morgan fingerprint density at radius 1 is 1.62 bits per heavy atom. The van der Waals surface area contributed by atoms with Crippen molar-refractivity contribution in [1.82, 2.24) is 4.90 Å². The van der Waals surface area contributed by atoms with E-state index < -0.39 is 17.2 Å². The first kappa shape index (κ1) is 10.4. The van der Waals surface area contributed by atoms with Crippen molar-refractivity contribution in [3.05, 3.63) is 0 Å². The van der Waals surface area contributed by atoms with Crippen molar-refractivity contribution in [2.75, 3.05) is 13.1 Å². The highest BCUT2D eigenvalue weighted by atomic mass is 19.1. The second kappa shape index (κ2) is 2.94. The highest BCUT2D eigenvalue weighted by Crippen LogP contribution is 2.26. The fraction of sp³-hybridized carbons (Fsp3) is 0.889. The molecule has 3 nitrogen and oxygen atoms in total. The molecule has 0 radical (unpaired) electrons. The van der Waals surface area contributed by atoms with E-state index in [2.05, 4.69) is 0 Å². The van der Waals surface area contributed by atoms with Crippen LogP contribution >= 0.6 is 0 Å². The van der Waals surface area contributed by atoms with Crippen LogP contribution in [0.4, 0.5) is 4.39 Å². The van der Waals surface area contributed by atoms with Crippen LogP contribution in [0.25, 0.3) is 0 Å². The molecule has 13 heavy (non-hydrogen) atoms. The van der Waals surface area contributed by atoms with Crippen molar-refractivity contribution >= 4 is 5.91 Å². The van der Waals surface area contributed by atoms with Crippen molar-refractivity contribution in [1.29, 1.82) is 0 Å². The molecule has 0 aliphatic carbocycles. The summed E-state index contributed by atoms with van der Waals surface area (Å²) in [6.45, 7) is 4.81. The number of alkyl halides is 1. The topological polar surface area (TPSA) is 40.5 Å². The number of aliphatic hydroxyl groups is 1. The van der Waals surface area contributed by atoms with Crippen LogP contribution in [-0.2, 0) is 4.79 Å². The molecule has 1 atom stereocenters. The van der Waals surface area contributed by atoms with Gasteiger partial charge >= 0.3 is 0 Å². The van der Waals surface area contributed by atoms with E-state index in [0.29, 0.717) is 13.0 Å². The number of likely N-dealkylation sites (tertiary alicyclic amines) is 1. The van der Waals surface area contributed by atoms with Crippen LogP contribution in [0, 0.1) is 0 Å². The van der Waals surface area contributed by atoms with Gasteiger partial charge < -0.3 is 10.0 Å². The van der Waals surface area contributed by atoms with E-state index in [-0.39, 0.29) is 6.54 Å². The number of halogens is 1. The van der Waals surface area contributed by atoms with Gasteiger partial charge in [-0.1, -0.05) is 0 Å². The van der Waals surface area contributed by atoms with Gasteiger partial charge in [-0.15, -0.1) is 0 Å². The maximum atomic E-state index is 13.3. The lowest BCUT2D eigenvalue weighted by atomic mass is 10.1. The van der Waals surface area contributed by atoms with E-state index in [0.717, 1.165) is 0 Å². The minimum Gasteiger partial charge on any atom is -0.381 e. The third-order valence-corrected chi connectivity index (χ3v) is 2.23. The Morgan fingerprint density at radius 2 is 2.15 bits per heavy atom. The zero-order valence-electron chi connectivity index (χ0n) is 8.30. The van der Waals surface area contributed by atoms with E-state index >= 15 is 0 Å². The van der Waals surface area contributed by atoms with E-state index in [1.807, 2.05) is 0 Å². The summed E-state index contributed by atoms with van der Waals surface area (Å²) in [4.78, 5) is 12.8. The van der Waals surface area contributed by atoms with Crippen LogP contribution in [0.5, 0.6) is 0 Å². The summed E-state index contributed by atoms with van der Waals surface area (Å²) >= 11 is 0. The molecule has 76 valence electrons. The maximum absolute atomic E-state index is 13.3. The Balaban J connectivity index is 2.62. The van der Waals surface area contributed by atoms with Gasteiger partial charge in [-0.3, -0.25) is 4.79 Å². The summed E-state index contributed by atoms with van der Waals surface area (Å²) < 4.78 is 13.3. The lowest BCUT2D eigenvalue weighted by Gasteiger charge is -2.24. The molecule has 0 spiro atoms. The molecular formula is C9H16FNO2. The van der Waals surface area contributed by atoms with Gasteiger partial charge in [0.2, 0.25) is 0 Å². The standard InChI is InChI=1S/C9H16FNO2/c1-8(2,13)7(12)11-5-4-9(3,10)6-11/h13H,4-6H2,1-3H3.